The number of nitrogens with zero attached hydrogens (tertiary/aromatic N) is 1. The molecule has 3 rings (SSSR count). The monoisotopic (exact) mass is 338 g/mol. The van der Waals surface area contributed by atoms with E-state index in [0.29, 0.717) is 10.7 Å². The van der Waals surface area contributed by atoms with Crippen molar-refractivity contribution in [3.8, 4) is 0 Å². The van der Waals surface area contributed by atoms with Crippen LogP contribution in [0.4, 0.5) is 5.13 Å². The lowest BCUT2D eigenvalue weighted by Gasteiger charge is -2.06. The van der Waals surface area contributed by atoms with Gasteiger partial charge in [-0.2, -0.15) is 0 Å². The van der Waals surface area contributed by atoms with E-state index in [2.05, 4.69) is 10.3 Å². The number of hydrogen-bond acceptors (Lipinski definition) is 4. The van der Waals surface area contributed by atoms with Gasteiger partial charge in [0.15, 0.2) is 10.9 Å². The molecule has 0 saturated heterocycles. The summed E-state index contributed by atoms with van der Waals surface area (Å²) < 4.78 is 1.03. The third-order valence-corrected chi connectivity index (χ3v) is 4.76. The first-order valence-corrected chi connectivity index (χ1v) is 8.60. The molecule has 0 bridgehead atoms. The number of thiazole rings is 1. The number of anilines is 1. The van der Waals surface area contributed by atoms with Crippen LogP contribution < -0.4 is 5.32 Å². The number of para-hydroxylation sites is 1. The molecule has 0 aliphatic rings. The minimum absolute atomic E-state index is 0.00403. The second kappa shape index (κ2) is 6.93. The number of ketones is 1. The lowest BCUT2D eigenvalue weighted by Crippen LogP contribution is -2.13. The zero-order valence-electron chi connectivity index (χ0n) is 13.6. The van der Waals surface area contributed by atoms with Gasteiger partial charge in [0.1, 0.15) is 0 Å². The third-order valence-electron chi connectivity index (χ3n) is 3.81. The summed E-state index contributed by atoms with van der Waals surface area (Å²) in [5.74, 6) is -0.191. The van der Waals surface area contributed by atoms with Crippen LogP contribution in [0.3, 0.4) is 0 Å². The predicted octanol–water partition coefficient (Wildman–Crippen LogP) is 4.51. The molecule has 0 fully saturated rings. The lowest BCUT2D eigenvalue weighted by molar-refractivity contribution is -0.116. The molecule has 0 aliphatic heterocycles. The van der Waals surface area contributed by atoms with Gasteiger partial charge in [0, 0.05) is 18.4 Å². The molecule has 1 aromatic heterocycles. The fraction of sp³-hybridized carbons (Fsp3) is 0.211. The average Bonchev–Trinajstić information content (AvgIpc) is 2.97. The number of benzene rings is 2. The van der Waals surface area contributed by atoms with Crippen LogP contribution in [0.25, 0.3) is 10.2 Å². The van der Waals surface area contributed by atoms with Gasteiger partial charge in [-0.15, -0.1) is 0 Å². The van der Waals surface area contributed by atoms with E-state index < -0.39 is 0 Å². The Labute approximate surface area is 144 Å². The molecule has 1 amide bonds. The first kappa shape index (κ1) is 16.3. The molecule has 0 saturated carbocycles. The molecule has 0 unspecified atom stereocenters. The lowest BCUT2D eigenvalue weighted by atomic mass is 9.99. The Morgan fingerprint density at radius 3 is 2.67 bits per heavy atom. The van der Waals surface area contributed by atoms with Crippen LogP contribution in [0.2, 0.25) is 0 Å². The Bertz CT molecular complexity index is 882. The van der Waals surface area contributed by atoms with Gasteiger partial charge in [0.05, 0.1) is 10.2 Å². The van der Waals surface area contributed by atoms with E-state index in [0.717, 1.165) is 21.3 Å². The van der Waals surface area contributed by atoms with Gasteiger partial charge in [0.2, 0.25) is 5.91 Å². The molecule has 0 radical (unpaired) electrons. The molecular formula is C19H18N2O2S. The molecule has 3 aromatic rings. The van der Waals surface area contributed by atoms with Crippen LogP contribution in [-0.2, 0) is 4.79 Å². The van der Waals surface area contributed by atoms with Crippen molar-refractivity contribution >= 4 is 38.4 Å². The maximum absolute atomic E-state index is 12.3. The number of aromatic nitrogens is 1. The molecule has 1 heterocycles. The number of nitrogens with one attached hydrogen (secondary N) is 1. The van der Waals surface area contributed by atoms with E-state index in [1.165, 1.54) is 11.3 Å². The van der Waals surface area contributed by atoms with Gasteiger partial charge < -0.3 is 5.32 Å². The van der Waals surface area contributed by atoms with Crippen molar-refractivity contribution in [3.63, 3.8) is 0 Å². The van der Waals surface area contributed by atoms with Gasteiger partial charge in [-0.25, -0.2) is 4.98 Å². The summed E-state index contributed by atoms with van der Waals surface area (Å²) in [6, 6.07) is 13.5. The summed E-state index contributed by atoms with van der Waals surface area (Å²) in [5.41, 5.74) is 3.55. The van der Waals surface area contributed by atoms with Crippen LogP contribution in [0, 0.1) is 13.8 Å². The number of carbonyl (C=O) groups excluding carboxylic acids is 2. The summed E-state index contributed by atoms with van der Waals surface area (Å²) in [4.78, 5) is 28.8. The number of amides is 1. The van der Waals surface area contributed by atoms with Gasteiger partial charge in [0.25, 0.3) is 0 Å². The summed E-state index contributed by atoms with van der Waals surface area (Å²) in [6.45, 7) is 3.87. The van der Waals surface area contributed by atoms with E-state index in [-0.39, 0.29) is 24.5 Å². The SMILES string of the molecule is Cc1ccc(C)c(C(=O)CCC(=O)Nc2nc3ccccc3s2)c1. The topological polar surface area (TPSA) is 59.1 Å². The van der Waals surface area contributed by atoms with Crippen LogP contribution in [0.15, 0.2) is 42.5 Å². The first-order valence-electron chi connectivity index (χ1n) is 7.79. The summed E-state index contributed by atoms with van der Waals surface area (Å²) >= 11 is 1.43. The first-order chi connectivity index (χ1) is 11.5. The fourth-order valence-corrected chi connectivity index (χ4v) is 3.39. The quantitative estimate of drug-likeness (QED) is 0.696. The smallest absolute Gasteiger partial charge is 0.226 e. The van der Waals surface area contributed by atoms with Gasteiger partial charge in [-0.3, -0.25) is 9.59 Å². The van der Waals surface area contributed by atoms with Crippen molar-refractivity contribution in [3.05, 3.63) is 59.2 Å². The molecule has 1 N–H and O–H groups in total. The van der Waals surface area contributed by atoms with Crippen molar-refractivity contribution < 1.29 is 9.59 Å². The minimum atomic E-state index is -0.187. The second-order valence-corrected chi connectivity index (χ2v) is 6.81. The average molecular weight is 338 g/mol. The Kier molecular flexibility index (Phi) is 4.71. The molecule has 4 nitrogen and oxygen atoms in total. The number of hydrogen-bond donors (Lipinski definition) is 1. The molecule has 5 heteroatoms. The molecule has 2 aromatic carbocycles. The van der Waals surface area contributed by atoms with E-state index in [1.807, 2.05) is 56.3 Å². The zero-order chi connectivity index (χ0) is 17.1. The van der Waals surface area contributed by atoms with Crippen LogP contribution in [-0.4, -0.2) is 16.7 Å². The number of carbonyl (C=O) groups is 2. The number of fused-ring (bicyclic) bond motifs is 1. The van der Waals surface area contributed by atoms with Crippen LogP contribution in [0.1, 0.15) is 34.3 Å². The number of rotatable bonds is 5. The molecule has 24 heavy (non-hydrogen) atoms. The second-order valence-electron chi connectivity index (χ2n) is 5.78. The highest BCUT2D eigenvalue weighted by Crippen LogP contribution is 2.25. The zero-order valence-corrected chi connectivity index (χ0v) is 14.4. The standard InChI is InChI=1S/C19H18N2O2S/c1-12-7-8-13(2)14(11-12)16(22)9-10-18(23)21-19-20-15-5-3-4-6-17(15)24-19/h3-8,11H,9-10H2,1-2H3,(H,20,21,23). The molecule has 0 atom stereocenters. The highest BCUT2D eigenvalue weighted by Gasteiger charge is 2.13. The highest BCUT2D eigenvalue weighted by atomic mass is 32.1. The number of Topliss-reactive ketones (excluding diaryl/α,β-unsaturated/α-hetero) is 1. The van der Waals surface area contributed by atoms with E-state index >= 15 is 0 Å². The van der Waals surface area contributed by atoms with E-state index in [1.54, 1.807) is 0 Å². The highest BCUT2D eigenvalue weighted by molar-refractivity contribution is 7.22. The van der Waals surface area contributed by atoms with Gasteiger partial charge in [-0.1, -0.05) is 41.2 Å². The number of aryl methyl sites for hydroxylation is 2. The molecule has 0 aliphatic carbocycles. The fourth-order valence-electron chi connectivity index (χ4n) is 2.51. The van der Waals surface area contributed by atoms with Crippen molar-refractivity contribution in [2.75, 3.05) is 5.32 Å². The maximum atomic E-state index is 12.3. The Morgan fingerprint density at radius 2 is 1.88 bits per heavy atom. The van der Waals surface area contributed by atoms with Crippen molar-refractivity contribution in [1.82, 2.24) is 4.98 Å². The van der Waals surface area contributed by atoms with Crippen LogP contribution in [0.5, 0.6) is 0 Å². The summed E-state index contributed by atoms with van der Waals surface area (Å²) in [7, 11) is 0. The molecule has 122 valence electrons. The van der Waals surface area contributed by atoms with Crippen LogP contribution >= 0.6 is 11.3 Å². The summed E-state index contributed by atoms with van der Waals surface area (Å²) in [6.07, 6.45) is 0.350. The van der Waals surface area contributed by atoms with Crippen molar-refractivity contribution in [2.24, 2.45) is 0 Å². The van der Waals surface area contributed by atoms with Crippen molar-refractivity contribution in [1.29, 1.82) is 0 Å². The predicted molar refractivity (Wildman–Crippen MR) is 97.7 cm³/mol. The normalized spacial score (nSPS) is 10.8. The molecular weight excluding hydrogens is 320 g/mol. The van der Waals surface area contributed by atoms with E-state index in [9.17, 15) is 9.59 Å². The molecule has 0 spiro atoms. The Hall–Kier alpha value is -2.53. The summed E-state index contributed by atoms with van der Waals surface area (Å²) in [5, 5.41) is 3.35. The minimum Gasteiger partial charge on any atom is -0.302 e. The third kappa shape index (κ3) is 3.68. The Morgan fingerprint density at radius 1 is 1.08 bits per heavy atom. The van der Waals surface area contributed by atoms with E-state index in [4.69, 9.17) is 0 Å². The maximum Gasteiger partial charge on any atom is 0.226 e. The van der Waals surface area contributed by atoms with Crippen molar-refractivity contribution in [2.45, 2.75) is 26.7 Å². The van der Waals surface area contributed by atoms with Gasteiger partial charge >= 0.3 is 0 Å². The largest absolute Gasteiger partial charge is 0.302 e. The Balaban J connectivity index is 1.61. The van der Waals surface area contributed by atoms with Gasteiger partial charge in [-0.05, 0) is 37.6 Å².